The first-order chi connectivity index (χ1) is 14.3. The van der Waals surface area contributed by atoms with Crippen LogP contribution in [0.5, 0.6) is 0 Å². The predicted octanol–water partition coefficient (Wildman–Crippen LogP) is 4.57. The molecule has 0 atom stereocenters. The van der Waals surface area contributed by atoms with Crippen molar-refractivity contribution in [3.05, 3.63) is 90.0 Å². The summed E-state index contributed by atoms with van der Waals surface area (Å²) in [5.74, 6) is -3.97. The molecular formula is C22H20F2N2O3S. The highest BCUT2D eigenvalue weighted by Crippen LogP contribution is 2.21. The van der Waals surface area contributed by atoms with Gasteiger partial charge in [-0.2, -0.15) is 8.78 Å². The molecule has 0 spiro atoms. The van der Waals surface area contributed by atoms with Crippen molar-refractivity contribution in [3.63, 3.8) is 0 Å². The van der Waals surface area contributed by atoms with E-state index in [1.165, 1.54) is 17.7 Å². The molecule has 0 aliphatic heterocycles. The Morgan fingerprint density at radius 1 is 0.933 bits per heavy atom. The van der Waals surface area contributed by atoms with Crippen LogP contribution in [0, 0.1) is 0 Å². The van der Waals surface area contributed by atoms with E-state index in [0.29, 0.717) is 5.69 Å². The third-order valence-electron chi connectivity index (χ3n) is 4.51. The summed E-state index contributed by atoms with van der Waals surface area (Å²) in [7, 11) is -2.72. The van der Waals surface area contributed by atoms with Crippen LogP contribution in [0.4, 0.5) is 20.2 Å². The van der Waals surface area contributed by atoms with Crippen molar-refractivity contribution in [2.75, 3.05) is 17.3 Å². The third-order valence-corrected chi connectivity index (χ3v) is 5.91. The summed E-state index contributed by atoms with van der Waals surface area (Å²) in [6.07, 6.45) is 0. The summed E-state index contributed by atoms with van der Waals surface area (Å²) in [5, 5.41) is 2.70. The lowest BCUT2D eigenvalue weighted by Crippen LogP contribution is -2.16. The van der Waals surface area contributed by atoms with Crippen molar-refractivity contribution in [3.8, 4) is 0 Å². The first kappa shape index (κ1) is 21.4. The van der Waals surface area contributed by atoms with Gasteiger partial charge in [-0.15, -0.1) is 0 Å². The number of amides is 1. The molecule has 5 nitrogen and oxygen atoms in total. The number of nitrogens with zero attached hydrogens (tertiary/aromatic N) is 1. The largest absolute Gasteiger partial charge is 0.370 e. The van der Waals surface area contributed by atoms with Gasteiger partial charge in [0, 0.05) is 30.5 Å². The number of carbonyl (C=O) groups excluding carboxylic acids is 1. The van der Waals surface area contributed by atoms with Crippen LogP contribution < -0.4 is 10.2 Å². The Hall–Kier alpha value is -3.26. The Morgan fingerprint density at radius 2 is 1.53 bits per heavy atom. The molecule has 3 aromatic rings. The van der Waals surface area contributed by atoms with Crippen LogP contribution in [-0.2, 0) is 16.4 Å². The molecule has 0 aliphatic carbocycles. The Morgan fingerprint density at radius 3 is 2.10 bits per heavy atom. The number of sulfone groups is 1. The van der Waals surface area contributed by atoms with Crippen LogP contribution >= 0.6 is 0 Å². The standard InChI is InChI=1S/C22H20F2N2O3S/c1-26(15-16-5-3-2-4-6-16)19-11-9-18(10-12-19)25-21(27)17-7-13-20(14-8-17)30(28,29)22(23)24/h2-14,22H,15H2,1H3,(H,25,27). The van der Waals surface area contributed by atoms with E-state index in [1.54, 1.807) is 12.1 Å². The molecule has 30 heavy (non-hydrogen) atoms. The lowest BCUT2D eigenvalue weighted by Gasteiger charge is -2.20. The summed E-state index contributed by atoms with van der Waals surface area (Å²) in [6.45, 7) is 0.737. The highest BCUT2D eigenvalue weighted by atomic mass is 32.2. The smallest absolute Gasteiger partial charge is 0.341 e. The molecule has 0 saturated heterocycles. The van der Waals surface area contributed by atoms with Gasteiger partial charge in [-0.1, -0.05) is 30.3 Å². The lowest BCUT2D eigenvalue weighted by atomic mass is 10.2. The van der Waals surface area contributed by atoms with Crippen molar-refractivity contribution < 1.29 is 22.0 Å². The molecular weight excluding hydrogens is 410 g/mol. The third kappa shape index (κ3) is 5.01. The maximum atomic E-state index is 12.6. The fourth-order valence-corrected chi connectivity index (χ4v) is 3.57. The van der Waals surface area contributed by atoms with E-state index in [1.807, 2.05) is 49.5 Å². The fraction of sp³-hybridized carbons (Fsp3) is 0.136. The molecule has 0 fully saturated rings. The first-order valence-corrected chi connectivity index (χ1v) is 10.6. The molecule has 0 aromatic heterocycles. The van der Waals surface area contributed by atoms with Gasteiger partial charge in [0.15, 0.2) is 0 Å². The maximum absolute atomic E-state index is 12.6. The molecule has 0 aliphatic rings. The predicted molar refractivity (Wildman–Crippen MR) is 113 cm³/mol. The van der Waals surface area contributed by atoms with Gasteiger partial charge in [0.1, 0.15) is 0 Å². The highest BCUT2D eigenvalue weighted by Gasteiger charge is 2.26. The van der Waals surface area contributed by atoms with Crippen molar-refractivity contribution in [1.29, 1.82) is 0 Å². The number of carbonyl (C=O) groups is 1. The summed E-state index contributed by atoms with van der Waals surface area (Å²) in [4.78, 5) is 13.9. The van der Waals surface area contributed by atoms with E-state index in [4.69, 9.17) is 0 Å². The number of alkyl halides is 2. The van der Waals surface area contributed by atoms with E-state index in [-0.39, 0.29) is 5.56 Å². The summed E-state index contributed by atoms with van der Waals surface area (Å²) < 4.78 is 48.1. The minimum Gasteiger partial charge on any atom is -0.370 e. The van der Waals surface area contributed by atoms with E-state index in [9.17, 15) is 22.0 Å². The second kappa shape index (κ2) is 9.04. The van der Waals surface area contributed by atoms with Gasteiger partial charge in [0.2, 0.25) is 9.84 Å². The number of hydrogen-bond donors (Lipinski definition) is 1. The topological polar surface area (TPSA) is 66.5 Å². The zero-order valence-electron chi connectivity index (χ0n) is 16.1. The average Bonchev–Trinajstić information content (AvgIpc) is 2.75. The van der Waals surface area contributed by atoms with E-state index >= 15 is 0 Å². The molecule has 0 saturated carbocycles. The van der Waals surface area contributed by atoms with Crippen LogP contribution in [0.25, 0.3) is 0 Å². The lowest BCUT2D eigenvalue weighted by molar-refractivity contribution is 0.102. The van der Waals surface area contributed by atoms with Gasteiger partial charge in [0.25, 0.3) is 5.91 Å². The molecule has 3 rings (SSSR count). The number of hydrogen-bond acceptors (Lipinski definition) is 4. The van der Waals surface area contributed by atoms with E-state index < -0.39 is 26.4 Å². The molecule has 0 unspecified atom stereocenters. The maximum Gasteiger partial charge on any atom is 0.341 e. The quantitative estimate of drug-likeness (QED) is 0.596. The Bertz CT molecular complexity index is 1100. The van der Waals surface area contributed by atoms with Gasteiger partial charge in [0.05, 0.1) is 4.90 Å². The van der Waals surface area contributed by atoms with Crippen LogP contribution in [0.3, 0.4) is 0 Å². The first-order valence-electron chi connectivity index (χ1n) is 9.06. The summed E-state index contributed by atoms with van der Waals surface area (Å²) in [5.41, 5.74) is 2.86. The number of anilines is 2. The van der Waals surface area contributed by atoms with E-state index in [0.717, 1.165) is 24.4 Å². The van der Waals surface area contributed by atoms with E-state index in [2.05, 4.69) is 10.2 Å². The van der Waals surface area contributed by atoms with Gasteiger partial charge < -0.3 is 10.2 Å². The summed E-state index contributed by atoms with van der Waals surface area (Å²) in [6, 6.07) is 21.7. The highest BCUT2D eigenvalue weighted by molar-refractivity contribution is 7.91. The van der Waals surface area contributed by atoms with Gasteiger partial charge in [-0.05, 0) is 54.1 Å². The average molecular weight is 430 g/mol. The van der Waals surface area contributed by atoms with Gasteiger partial charge in [-0.25, -0.2) is 8.42 Å². The SMILES string of the molecule is CN(Cc1ccccc1)c1ccc(NC(=O)c2ccc(S(=O)(=O)C(F)F)cc2)cc1. The molecule has 0 radical (unpaired) electrons. The Kier molecular flexibility index (Phi) is 6.47. The van der Waals surface area contributed by atoms with Crippen LogP contribution in [0.1, 0.15) is 15.9 Å². The molecule has 0 heterocycles. The minimum absolute atomic E-state index is 0.161. The van der Waals surface area contributed by atoms with Gasteiger partial charge >= 0.3 is 5.76 Å². The molecule has 0 bridgehead atoms. The number of rotatable bonds is 7. The molecule has 156 valence electrons. The minimum atomic E-state index is -4.68. The Balaban J connectivity index is 1.64. The van der Waals surface area contributed by atoms with Gasteiger partial charge in [-0.3, -0.25) is 4.79 Å². The van der Waals surface area contributed by atoms with Crippen molar-refractivity contribution >= 4 is 27.1 Å². The van der Waals surface area contributed by atoms with Crippen LogP contribution in [0.2, 0.25) is 0 Å². The molecule has 8 heteroatoms. The number of benzene rings is 3. The normalized spacial score (nSPS) is 11.3. The molecule has 1 N–H and O–H groups in total. The van der Waals surface area contributed by atoms with Crippen LogP contribution in [-0.4, -0.2) is 27.1 Å². The molecule has 3 aromatic carbocycles. The monoisotopic (exact) mass is 430 g/mol. The second-order valence-electron chi connectivity index (χ2n) is 6.67. The fourth-order valence-electron chi connectivity index (χ4n) is 2.85. The van der Waals surface area contributed by atoms with Crippen LogP contribution in [0.15, 0.2) is 83.8 Å². The second-order valence-corrected chi connectivity index (χ2v) is 8.59. The molecule has 1 amide bonds. The zero-order valence-corrected chi connectivity index (χ0v) is 16.9. The van der Waals surface area contributed by atoms with Crippen molar-refractivity contribution in [2.24, 2.45) is 0 Å². The number of halogens is 2. The number of nitrogens with one attached hydrogen (secondary N) is 1. The van der Waals surface area contributed by atoms with Crippen molar-refractivity contribution in [2.45, 2.75) is 17.2 Å². The zero-order chi connectivity index (χ0) is 21.7. The summed E-state index contributed by atoms with van der Waals surface area (Å²) >= 11 is 0. The Labute approximate surface area is 173 Å². The van der Waals surface area contributed by atoms with Crippen molar-refractivity contribution in [1.82, 2.24) is 0 Å².